The molecule has 1 aromatic heterocycles. The molecule has 0 unspecified atom stereocenters. The minimum absolute atomic E-state index is 0.0127. The normalized spacial score (nSPS) is 19.0. The number of rotatable bonds is 5. The lowest BCUT2D eigenvalue weighted by Crippen LogP contribution is -2.36. The molecule has 116 valence electrons. The highest BCUT2D eigenvalue weighted by molar-refractivity contribution is 7.09. The molecule has 1 aliphatic carbocycles. The molecule has 1 aliphatic rings. The van der Waals surface area contributed by atoms with E-state index < -0.39 is 5.97 Å². The van der Waals surface area contributed by atoms with E-state index in [-0.39, 0.29) is 29.1 Å². The molecule has 1 fully saturated rings. The standard InChI is InChI=1S/C14H21N3O3S/c1-13(2)9(14(13,3)4)5-15-12(20)16-6-10-17-8(7-21-10)11(18)19/h7,9H,5-6H2,1-4H3,(H,18,19)(H2,15,16,20). The Morgan fingerprint density at radius 1 is 1.29 bits per heavy atom. The van der Waals surface area contributed by atoms with E-state index in [4.69, 9.17) is 5.11 Å². The van der Waals surface area contributed by atoms with Crippen molar-refractivity contribution in [1.82, 2.24) is 15.6 Å². The number of urea groups is 1. The molecule has 1 saturated carbocycles. The third kappa shape index (κ3) is 3.02. The van der Waals surface area contributed by atoms with Crippen LogP contribution in [-0.4, -0.2) is 28.6 Å². The summed E-state index contributed by atoms with van der Waals surface area (Å²) in [4.78, 5) is 26.4. The third-order valence-corrected chi connectivity index (χ3v) is 5.81. The van der Waals surface area contributed by atoms with Crippen LogP contribution in [0.2, 0.25) is 0 Å². The molecular weight excluding hydrogens is 290 g/mol. The Kier molecular flexibility index (Phi) is 3.97. The van der Waals surface area contributed by atoms with Crippen LogP contribution in [-0.2, 0) is 6.54 Å². The molecule has 2 amide bonds. The largest absolute Gasteiger partial charge is 0.476 e. The molecule has 0 atom stereocenters. The van der Waals surface area contributed by atoms with Crippen LogP contribution in [0, 0.1) is 16.7 Å². The van der Waals surface area contributed by atoms with Crippen molar-refractivity contribution in [2.75, 3.05) is 6.54 Å². The Morgan fingerprint density at radius 3 is 2.38 bits per heavy atom. The van der Waals surface area contributed by atoms with Gasteiger partial charge in [0.1, 0.15) is 5.01 Å². The first-order chi connectivity index (χ1) is 9.66. The van der Waals surface area contributed by atoms with E-state index in [1.807, 2.05) is 0 Å². The lowest BCUT2D eigenvalue weighted by molar-refractivity contribution is 0.0691. The van der Waals surface area contributed by atoms with E-state index in [1.165, 1.54) is 16.7 Å². The molecule has 0 aromatic carbocycles. The van der Waals surface area contributed by atoms with Crippen LogP contribution in [0.3, 0.4) is 0 Å². The first-order valence-electron chi connectivity index (χ1n) is 6.85. The van der Waals surface area contributed by atoms with E-state index in [0.29, 0.717) is 17.5 Å². The van der Waals surface area contributed by atoms with Crippen LogP contribution in [0.15, 0.2) is 5.38 Å². The van der Waals surface area contributed by atoms with Crippen molar-refractivity contribution in [3.63, 3.8) is 0 Å². The Labute approximate surface area is 128 Å². The molecule has 7 heteroatoms. The van der Waals surface area contributed by atoms with Crippen molar-refractivity contribution in [3.8, 4) is 0 Å². The molecule has 0 aliphatic heterocycles. The number of nitrogens with zero attached hydrogens (tertiary/aromatic N) is 1. The monoisotopic (exact) mass is 311 g/mol. The van der Waals surface area contributed by atoms with Crippen LogP contribution in [0.25, 0.3) is 0 Å². The number of aromatic nitrogens is 1. The summed E-state index contributed by atoms with van der Waals surface area (Å²) in [5.74, 6) is -0.589. The fourth-order valence-corrected chi connectivity index (χ4v) is 3.45. The van der Waals surface area contributed by atoms with Gasteiger partial charge in [-0.3, -0.25) is 0 Å². The van der Waals surface area contributed by atoms with Crippen molar-refractivity contribution >= 4 is 23.3 Å². The number of aromatic carboxylic acids is 1. The van der Waals surface area contributed by atoms with Crippen molar-refractivity contribution in [2.24, 2.45) is 16.7 Å². The fourth-order valence-electron chi connectivity index (χ4n) is 2.75. The van der Waals surface area contributed by atoms with Gasteiger partial charge < -0.3 is 15.7 Å². The van der Waals surface area contributed by atoms with Crippen molar-refractivity contribution in [2.45, 2.75) is 34.2 Å². The summed E-state index contributed by atoms with van der Waals surface area (Å²) < 4.78 is 0. The summed E-state index contributed by atoms with van der Waals surface area (Å²) in [7, 11) is 0. The van der Waals surface area contributed by atoms with Gasteiger partial charge in [-0.2, -0.15) is 0 Å². The number of hydrogen-bond acceptors (Lipinski definition) is 4. The summed E-state index contributed by atoms with van der Waals surface area (Å²) in [6, 6.07) is -0.249. The summed E-state index contributed by atoms with van der Waals surface area (Å²) in [5.41, 5.74) is 0.497. The Morgan fingerprint density at radius 2 is 1.90 bits per heavy atom. The minimum atomic E-state index is -1.06. The Balaban J connectivity index is 1.74. The maximum atomic E-state index is 11.7. The van der Waals surface area contributed by atoms with Crippen LogP contribution >= 0.6 is 11.3 Å². The van der Waals surface area contributed by atoms with Gasteiger partial charge in [0.25, 0.3) is 0 Å². The lowest BCUT2D eigenvalue weighted by Gasteiger charge is -2.07. The molecule has 3 N–H and O–H groups in total. The molecule has 1 aromatic rings. The summed E-state index contributed by atoms with van der Waals surface area (Å²) in [6.07, 6.45) is 0. The highest BCUT2D eigenvalue weighted by Crippen LogP contribution is 2.67. The first kappa shape index (κ1) is 15.8. The first-order valence-corrected chi connectivity index (χ1v) is 7.73. The maximum Gasteiger partial charge on any atom is 0.355 e. The zero-order valence-corrected chi connectivity index (χ0v) is 13.5. The second-order valence-electron chi connectivity index (χ2n) is 6.49. The van der Waals surface area contributed by atoms with E-state index in [1.54, 1.807) is 0 Å². The Hall–Kier alpha value is -1.63. The van der Waals surface area contributed by atoms with Gasteiger partial charge in [-0.25, -0.2) is 14.6 Å². The number of hydrogen-bond donors (Lipinski definition) is 3. The number of thiazole rings is 1. The quantitative estimate of drug-likeness (QED) is 0.778. The van der Waals surface area contributed by atoms with Gasteiger partial charge in [-0.15, -0.1) is 11.3 Å². The SMILES string of the molecule is CC1(C)C(CNC(=O)NCc2nc(C(=O)O)cs2)C1(C)C. The average molecular weight is 311 g/mol. The predicted octanol–water partition coefficient (Wildman–Crippen LogP) is 2.32. The van der Waals surface area contributed by atoms with Crippen LogP contribution < -0.4 is 10.6 Å². The highest BCUT2D eigenvalue weighted by atomic mass is 32.1. The van der Waals surface area contributed by atoms with Crippen LogP contribution in [0.1, 0.15) is 43.2 Å². The minimum Gasteiger partial charge on any atom is -0.476 e. The van der Waals surface area contributed by atoms with Crippen LogP contribution in [0.5, 0.6) is 0 Å². The van der Waals surface area contributed by atoms with E-state index in [9.17, 15) is 9.59 Å². The molecule has 0 saturated heterocycles. The van der Waals surface area contributed by atoms with Gasteiger partial charge in [0, 0.05) is 11.9 Å². The van der Waals surface area contributed by atoms with Gasteiger partial charge in [0.2, 0.25) is 0 Å². The predicted molar refractivity (Wildman–Crippen MR) is 80.4 cm³/mol. The molecule has 1 heterocycles. The van der Waals surface area contributed by atoms with Gasteiger partial charge >= 0.3 is 12.0 Å². The number of nitrogens with one attached hydrogen (secondary N) is 2. The molecule has 0 radical (unpaired) electrons. The summed E-state index contributed by atoms with van der Waals surface area (Å²) in [5, 5.41) is 16.4. The number of carboxylic acid groups (broad SMARTS) is 1. The van der Waals surface area contributed by atoms with Gasteiger partial charge in [0.15, 0.2) is 5.69 Å². The molecule has 21 heavy (non-hydrogen) atoms. The smallest absolute Gasteiger partial charge is 0.355 e. The van der Waals surface area contributed by atoms with Crippen molar-refractivity contribution in [3.05, 3.63) is 16.1 Å². The van der Waals surface area contributed by atoms with Gasteiger partial charge in [0.05, 0.1) is 6.54 Å². The fraction of sp³-hybridized carbons (Fsp3) is 0.643. The second-order valence-corrected chi connectivity index (χ2v) is 7.43. The number of carbonyl (C=O) groups is 2. The molecule has 6 nitrogen and oxygen atoms in total. The number of carbonyl (C=O) groups excluding carboxylic acids is 1. The molecule has 0 bridgehead atoms. The molecule has 0 spiro atoms. The summed E-state index contributed by atoms with van der Waals surface area (Å²) in [6.45, 7) is 9.71. The van der Waals surface area contributed by atoms with E-state index in [2.05, 4.69) is 43.3 Å². The lowest BCUT2D eigenvalue weighted by atomic mass is 10.0. The van der Waals surface area contributed by atoms with E-state index in [0.717, 1.165) is 0 Å². The van der Waals surface area contributed by atoms with E-state index >= 15 is 0 Å². The summed E-state index contributed by atoms with van der Waals surface area (Å²) >= 11 is 1.22. The zero-order valence-electron chi connectivity index (χ0n) is 12.7. The Bertz CT molecular complexity index is 552. The zero-order chi connectivity index (χ0) is 15.8. The van der Waals surface area contributed by atoms with Crippen molar-refractivity contribution < 1.29 is 14.7 Å². The second kappa shape index (κ2) is 5.29. The van der Waals surface area contributed by atoms with Crippen LogP contribution in [0.4, 0.5) is 4.79 Å². The van der Waals surface area contributed by atoms with Gasteiger partial charge in [-0.1, -0.05) is 27.7 Å². The third-order valence-electron chi connectivity index (χ3n) is 4.96. The number of amides is 2. The maximum absolute atomic E-state index is 11.7. The molecule has 2 rings (SSSR count). The van der Waals surface area contributed by atoms with Gasteiger partial charge in [-0.05, 0) is 16.7 Å². The highest BCUT2D eigenvalue weighted by Gasteiger charge is 2.64. The molecular formula is C14H21N3O3S. The average Bonchev–Trinajstić information content (AvgIpc) is 2.75. The topological polar surface area (TPSA) is 91.3 Å². The van der Waals surface area contributed by atoms with Crippen molar-refractivity contribution in [1.29, 1.82) is 0 Å². The number of carboxylic acids is 1.